The van der Waals surface area contributed by atoms with Crippen molar-refractivity contribution < 1.29 is 0 Å². The molecule has 16 heavy (non-hydrogen) atoms. The van der Waals surface area contributed by atoms with Crippen LogP contribution in [0.25, 0.3) is 0 Å². The molecule has 2 nitrogen and oxygen atoms in total. The number of aromatic nitrogens is 2. The highest BCUT2D eigenvalue weighted by atomic mass is 127. The third-order valence-electron chi connectivity index (χ3n) is 2.59. The predicted molar refractivity (Wildman–Crippen MR) is 74.6 cm³/mol. The first-order valence-corrected chi connectivity index (χ1v) is 6.50. The maximum absolute atomic E-state index is 4.28. The number of hydrogen-bond acceptors (Lipinski definition) is 1. The lowest BCUT2D eigenvalue weighted by Crippen LogP contribution is -2.00. The molecule has 0 N–H and O–H groups in total. The molecule has 0 aliphatic heterocycles. The molecule has 0 amide bonds. The summed E-state index contributed by atoms with van der Waals surface area (Å²) in [7, 11) is 0. The van der Waals surface area contributed by atoms with Crippen LogP contribution in [0.4, 0.5) is 0 Å². The van der Waals surface area contributed by atoms with Crippen LogP contribution in [0.3, 0.4) is 0 Å². The van der Waals surface area contributed by atoms with E-state index in [9.17, 15) is 0 Å². The Morgan fingerprint density at radius 3 is 2.44 bits per heavy atom. The largest absolute Gasteiger partial charge is 0.267 e. The SMILES string of the molecule is CC(C)c1ccc(Cn2cc(I)cn2)cc1. The minimum atomic E-state index is 0.597. The Balaban J connectivity index is 2.11. The normalized spacial score (nSPS) is 11.0. The van der Waals surface area contributed by atoms with Crippen molar-refractivity contribution in [2.75, 3.05) is 0 Å². The fourth-order valence-electron chi connectivity index (χ4n) is 1.62. The first-order chi connectivity index (χ1) is 7.65. The van der Waals surface area contributed by atoms with E-state index in [0.29, 0.717) is 5.92 Å². The van der Waals surface area contributed by atoms with Crippen LogP contribution in [0, 0.1) is 3.57 Å². The molecular weight excluding hydrogens is 311 g/mol. The van der Waals surface area contributed by atoms with Crippen LogP contribution >= 0.6 is 22.6 Å². The van der Waals surface area contributed by atoms with E-state index < -0.39 is 0 Å². The second kappa shape index (κ2) is 4.99. The Labute approximate surface area is 110 Å². The van der Waals surface area contributed by atoms with Gasteiger partial charge in [0, 0.05) is 6.20 Å². The maximum Gasteiger partial charge on any atom is 0.0659 e. The van der Waals surface area contributed by atoms with Gasteiger partial charge in [0.05, 0.1) is 16.3 Å². The lowest BCUT2D eigenvalue weighted by atomic mass is 10.0. The molecule has 0 aliphatic rings. The summed E-state index contributed by atoms with van der Waals surface area (Å²) in [6, 6.07) is 8.77. The highest BCUT2D eigenvalue weighted by Gasteiger charge is 2.00. The van der Waals surface area contributed by atoms with E-state index in [2.05, 4.69) is 72.0 Å². The molecule has 3 heteroatoms. The molecule has 0 saturated heterocycles. The summed E-state index contributed by atoms with van der Waals surface area (Å²) in [4.78, 5) is 0. The highest BCUT2D eigenvalue weighted by Crippen LogP contribution is 2.15. The zero-order valence-corrected chi connectivity index (χ0v) is 11.7. The van der Waals surface area contributed by atoms with Gasteiger partial charge in [-0.2, -0.15) is 5.10 Å². The van der Waals surface area contributed by atoms with E-state index >= 15 is 0 Å². The van der Waals surface area contributed by atoms with Crippen molar-refractivity contribution in [1.29, 1.82) is 0 Å². The molecule has 0 saturated carbocycles. The van der Waals surface area contributed by atoms with E-state index in [0.717, 1.165) is 6.54 Å². The van der Waals surface area contributed by atoms with E-state index in [1.807, 2.05) is 10.9 Å². The lowest BCUT2D eigenvalue weighted by molar-refractivity contribution is 0.686. The number of halogens is 1. The molecule has 0 bridgehead atoms. The van der Waals surface area contributed by atoms with Crippen molar-refractivity contribution in [2.24, 2.45) is 0 Å². The Kier molecular flexibility index (Phi) is 3.63. The van der Waals surface area contributed by atoms with E-state index in [4.69, 9.17) is 0 Å². The smallest absolute Gasteiger partial charge is 0.0659 e. The van der Waals surface area contributed by atoms with Gasteiger partial charge in [0.2, 0.25) is 0 Å². The molecule has 1 aromatic heterocycles. The maximum atomic E-state index is 4.28. The van der Waals surface area contributed by atoms with Gasteiger partial charge in [-0.1, -0.05) is 38.1 Å². The van der Waals surface area contributed by atoms with Crippen LogP contribution < -0.4 is 0 Å². The van der Waals surface area contributed by atoms with Crippen LogP contribution in [-0.2, 0) is 6.54 Å². The van der Waals surface area contributed by atoms with Crippen LogP contribution in [0.1, 0.15) is 30.9 Å². The molecular formula is C13H15IN2. The summed E-state index contributed by atoms with van der Waals surface area (Å²) in [5, 5.41) is 4.28. The van der Waals surface area contributed by atoms with Crippen LogP contribution in [0.2, 0.25) is 0 Å². The summed E-state index contributed by atoms with van der Waals surface area (Å²) in [6.45, 7) is 5.27. The monoisotopic (exact) mass is 326 g/mol. The van der Waals surface area contributed by atoms with Crippen molar-refractivity contribution in [2.45, 2.75) is 26.3 Å². The summed E-state index contributed by atoms with van der Waals surface area (Å²) in [5.41, 5.74) is 2.68. The van der Waals surface area contributed by atoms with Gasteiger partial charge in [0.1, 0.15) is 0 Å². The van der Waals surface area contributed by atoms with E-state index in [1.54, 1.807) is 0 Å². The van der Waals surface area contributed by atoms with Gasteiger partial charge >= 0.3 is 0 Å². The molecule has 0 aliphatic carbocycles. The number of hydrogen-bond donors (Lipinski definition) is 0. The van der Waals surface area contributed by atoms with Crippen molar-refractivity contribution >= 4 is 22.6 Å². The Hall–Kier alpha value is -0.840. The lowest BCUT2D eigenvalue weighted by Gasteiger charge is -2.06. The average molecular weight is 326 g/mol. The quantitative estimate of drug-likeness (QED) is 0.787. The molecule has 84 valence electrons. The molecule has 0 unspecified atom stereocenters. The molecule has 2 rings (SSSR count). The number of rotatable bonds is 3. The Morgan fingerprint density at radius 2 is 1.94 bits per heavy atom. The first-order valence-electron chi connectivity index (χ1n) is 5.42. The Bertz CT molecular complexity index is 457. The van der Waals surface area contributed by atoms with Gasteiger partial charge in [0.25, 0.3) is 0 Å². The van der Waals surface area contributed by atoms with Crippen molar-refractivity contribution in [1.82, 2.24) is 9.78 Å². The third kappa shape index (κ3) is 2.84. The highest BCUT2D eigenvalue weighted by molar-refractivity contribution is 14.1. The third-order valence-corrected chi connectivity index (χ3v) is 3.15. The van der Waals surface area contributed by atoms with Gasteiger partial charge in [-0.15, -0.1) is 0 Å². The van der Waals surface area contributed by atoms with E-state index in [1.165, 1.54) is 14.7 Å². The zero-order chi connectivity index (χ0) is 11.5. The molecule has 0 spiro atoms. The molecule has 2 aromatic rings. The standard InChI is InChI=1S/C13H15IN2/c1-10(2)12-5-3-11(4-6-12)8-16-9-13(14)7-15-16/h3-7,9-10H,8H2,1-2H3. The fraction of sp³-hybridized carbons (Fsp3) is 0.308. The summed E-state index contributed by atoms with van der Waals surface area (Å²) >= 11 is 2.27. The second-order valence-electron chi connectivity index (χ2n) is 4.25. The topological polar surface area (TPSA) is 17.8 Å². The van der Waals surface area contributed by atoms with Gasteiger partial charge in [-0.05, 0) is 39.6 Å². The van der Waals surface area contributed by atoms with Crippen molar-refractivity contribution in [3.8, 4) is 0 Å². The summed E-state index contributed by atoms with van der Waals surface area (Å²) in [6.07, 6.45) is 3.93. The summed E-state index contributed by atoms with van der Waals surface area (Å²) in [5.74, 6) is 0.597. The van der Waals surface area contributed by atoms with Crippen molar-refractivity contribution in [3.63, 3.8) is 0 Å². The second-order valence-corrected chi connectivity index (χ2v) is 5.50. The number of nitrogens with zero attached hydrogens (tertiary/aromatic N) is 2. The fourth-order valence-corrected chi connectivity index (χ4v) is 2.07. The van der Waals surface area contributed by atoms with Gasteiger partial charge in [-0.3, -0.25) is 4.68 Å². The Morgan fingerprint density at radius 1 is 1.25 bits per heavy atom. The molecule has 1 aromatic carbocycles. The van der Waals surface area contributed by atoms with Gasteiger partial charge < -0.3 is 0 Å². The number of benzene rings is 1. The average Bonchev–Trinajstić information content (AvgIpc) is 2.65. The van der Waals surface area contributed by atoms with Crippen molar-refractivity contribution in [3.05, 3.63) is 51.4 Å². The molecule has 0 fully saturated rings. The van der Waals surface area contributed by atoms with E-state index in [-0.39, 0.29) is 0 Å². The first kappa shape index (κ1) is 11.6. The minimum absolute atomic E-state index is 0.597. The molecule has 0 radical (unpaired) electrons. The van der Waals surface area contributed by atoms with Gasteiger partial charge in [0.15, 0.2) is 0 Å². The predicted octanol–water partition coefficient (Wildman–Crippen LogP) is 3.66. The summed E-state index contributed by atoms with van der Waals surface area (Å²) < 4.78 is 3.14. The van der Waals surface area contributed by atoms with Gasteiger partial charge in [-0.25, -0.2) is 0 Å². The molecule has 1 heterocycles. The van der Waals surface area contributed by atoms with Crippen LogP contribution in [0.15, 0.2) is 36.7 Å². The molecule has 0 atom stereocenters. The zero-order valence-electron chi connectivity index (χ0n) is 9.52. The minimum Gasteiger partial charge on any atom is -0.267 e. The van der Waals surface area contributed by atoms with Crippen LogP contribution in [0.5, 0.6) is 0 Å². The van der Waals surface area contributed by atoms with Crippen LogP contribution in [-0.4, -0.2) is 9.78 Å².